The fraction of sp³-hybridized carbons (Fsp3) is 0.750. The molecule has 92 valence electrons. The van der Waals surface area contributed by atoms with Crippen LogP contribution >= 0.6 is 27.5 Å². The summed E-state index contributed by atoms with van der Waals surface area (Å²) >= 11 is 9.70. The van der Waals surface area contributed by atoms with E-state index < -0.39 is 0 Å². The fourth-order valence-electron chi connectivity index (χ4n) is 2.17. The molecule has 0 spiro atoms. The lowest BCUT2D eigenvalue weighted by Gasteiger charge is -2.28. The average molecular weight is 308 g/mol. The molecule has 4 heteroatoms. The minimum Gasteiger partial charge on any atom is -0.265 e. The minimum absolute atomic E-state index is 0.0285. The van der Waals surface area contributed by atoms with E-state index in [1.54, 1.807) is 0 Å². The lowest BCUT2D eigenvalue weighted by molar-refractivity contribution is 0.399. The third kappa shape index (κ3) is 3.01. The lowest BCUT2D eigenvalue weighted by Crippen LogP contribution is -2.26. The van der Waals surface area contributed by atoms with E-state index in [0.29, 0.717) is 6.04 Å². The van der Waals surface area contributed by atoms with Gasteiger partial charge in [0.1, 0.15) is 0 Å². The zero-order chi connectivity index (χ0) is 12.5. The van der Waals surface area contributed by atoms with Gasteiger partial charge >= 0.3 is 0 Å². The van der Waals surface area contributed by atoms with Gasteiger partial charge in [-0.05, 0) is 43.1 Å². The van der Waals surface area contributed by atoms with Crippen LogP contribution in [0.4, 0.5) is 0 Å². The van der Waals surface area contributed by atoms with E-state index in [1.165, 1.54) is 5.69 Å². The molecule has 16 heavy (non-hydrogen) atoms. The smallest absolute Gasteiger partial charge is 0.0635 e. The first-order chi connectivity index (χ1) is 7.25. The number of rotatable bonds is 4. The third-order valence-corrected chi connectivity index (χ3v) is 3.41. The van der Waals surface area contributed by atoms with Gasteiger partial charge in [-0.2, -0.15) is 5.10 Å². The number of hydrogen-bond acceptors (Lipinski definition) is 1. The van der Waals surface area contributed by atoms with Crippen molar-refractivity contribution in [2.45, 2.75) is 57.9 Å². The highest BCUT2D eigenvalue weighted by Gasteiger charge is 2.29. The number of nitrogens with zero attached hydrogens (tertiary/aromatic N) is 2. The maximum atomic E-state index is 6.12. The third-order valence-electron chi connectivity index (χ3n) is 2.67. The molecule has 1 aromatic heterocycles. The SMILES string of the molecule is CC(Cl)CC(C)(C)c1c(Br)cnn1C(C)C. The zero-order valence-corrected chi connectivity index (χ0v) is 12.9. The Balaban J connectivity index is 3.15. The number of aromatic nitrogens is 2. The van der Waals surface area contributed by atoms with Crippen molar-refractivity contribution in [3.63, 3.8) is 0 Å². The van der Waals surface area contributed by atoms with E-state index in [4.69, 9.17) is 11.6 Å². The van der Waals surface area contributed by atoms with E-state index in [9.17, 15) is 0 Å². The van der Waals surface area contributed by atoms with E-state index in [1.807, 2.05) is 13.1 Å². The Bertz CT molecular complexity index is 356. The van der Waals surface area contributed by atoms with E-state index >= 15 is 0 Å². The molecular weight excluding hydrogens is 288 g/mol. The van der Waals surface area contributed by atoms with Gasteiger partial charge in [0.05, 0.1) is 16.4 Å². The molecule has 0 bridgehead atoms. The van der Waals surface area contributed by atoms with Gasteiger partial charge in [0.25, 0.3) is 0 Å². The van der Waals surface area contributed by atoms with Crippen LogP contribution < -0.4 is 0 Å². The lowest BCUT2D eigenvalue weighted by atomic mass is 9.84. The Kier molecular flexibility index (Phi) is 4.47. The molecule has 0 N–H and O–H groups in total. The highest BCUT2D eigenvalue weighted by atomic mass is 79.9. The minimum atomic E-state index is 0.0285. The summed E-state index contributed by atoms with van der Waals surface area (Å²) in [6, 6.07) is 0.367. The normalized spacial score (nSPS) is 14.5. The van der Waals surface area contributed by atoms with Gasteiger partial charge in [-0.1, -0.05) is 13.8 Å². The van der Waals surface area contributed by atoms with Gasteiger partial charge in [0, 0.05) is 16.8 Å². The Morgan fingerprint density at radius 2 is 2.00 bits per heavy atom. The molecule has 0 amide bonds. The second-order valence-electron chi connectivity index (χ2n) is 5.25. The van der Waals surface area contributed by atoms with Crippen LogP contribution in [0.15, 0.2) is 10.7 Å². The second kappa shape index (κ2) is 5.09. The first kappa shape index (κ1) is 14.0. The molecule has 0 aliphatic rings. The molecule has 1 atom stereocenters. The Hall–Kier alpha value is -0.0200. The van der Waals surface area contributed by atoms with Crippen molar-refractivity contribution < 1.29 is 0 Å². The van der Waals surface area contributed by atoms with E-state index in [0.717, 1.165) is 10.9 Å². The van der Waals surface area contributed by atoms with Crippen molar-refractivity contribution in [2.24, 2.45) is 0 Å². The van der Waals surface area contributed by atoms with Crippen LogP contribution in [0, 0.1) is 0 Å². The molecule has 2 nitrogen and oxygen atoms in total. The number of hydrogen-bond donors (Lipinski definition) is 0. The van der Waals surface area contributed by atoms with Crippen LogP contribution in [-0.2, 0) is 5.41 Å². The van der Waals surface area contributed by atoms with Gasteiger partial charge in [-0.15, -0.1) is 11.6 Å². The van der Waals surface area contributed by atoms with Crippen molar-refractivity contribution in [3.8, 4) is 0 Å². The van der Waals surface area contributed by atoms with Crippen LogP contribution in [-0.4, -0.2) is 15.2 Å². The molecular formula is C12H20BrClN2. The van der Waals surface area contributed by atoms with E-state index in [-0.39, 0.29) is 10.8 Å². The second-order valence-corrected chi connectivity index (χ2v) is 6.85. The highest BCUT2D eigenvalue weighted by Crippen LogP contribution is 2.36. The Morgan fingerprint density at radius 1 is 1.44 bits per heavy atom. The average Bonchev–Trinajstić information content (AvgIpc) is 2.44. The molecule has 1 aromatic rings. The molecule has 0 aliphatic heterocycles. The Labute approximate surface area is 111 Å². The summed E-state index contributed by atoms with van der Waals surface area (Å²) < 4.78 is 3.15. The summed E-state index contributed by atoms with van der Waals surface area (Å²) in [6.45, 7) is 10.7. The summed E-state index contributed by atoms with van der Waals surface area (Å²) in [4.78, 5) is 0. The van der Waals surface area contributed by atoms with Crippen molar-refractivity contribution in [1.29, 1.82) is 0 Å². The zero-order valence-electron chi connectivity index (χ0n) is 10.6. The molecule has 1 unspecified atom stereocenters. The predicted molar refractivity (Wildman–Crippen MR) is 73.3 cm³/mol. The molecule has 1 heterocycles. The highest BCUT2D eigenvalue weighted by molar-refractivity contribution is 9.10. The van der Waals surface area contributed by atoms with Crippen molar-refractivity contribution >= 4 is 27.5 Å². The molecule has 0 fully saturated rings. The van der Waals surface area contributed by atoms with Gasteiger partial charge in [0.2, 0.25) is 0 Å². The van der Waals surface area contributed by atoms with Crippen molar-refractivity contribution in [1.82, 2.24) is 9.78 Å². The molecule has 0 saturated heterocycles. The monoisotopic (exact) mass is 306 g/mol. The molecule has 0 saturated carbocycles. The molecule has 0 radical (unpaired) electrons. The van der Waals surface area contributed by atoms with Gasteiger partial charge < -0.3 is 0 Å². The van der Waals surface area contributed by atoms with E-state index in [2.05, 4.69) is 53.4 Å². The van der Waals surface area contributed by atoms with Crippen molar-refractivity contribution in [2.75, 3.05) is 0 Å². The summed E-state index contributed by atoms with van der Waals surface area (Å²) in [7, 11) is 0. The summed E-state index contributed by atoms with van der Waals surface area (Å²) in [5.41, 5.74) is 1.26. The maximum absolute atomic E-state index is 6.12. The van der Waals surface area contributed by atoms with Crippen LogP contribution in [0.1, 0.15) is 52.8 Å². The molecule has 0 aliphatic carbocycles. The maximum Gasteiger partial charge on any atom is 0.0635 e. The first-order valence-corrected chi connectivity index (χ1v) is 6.86. The van der Waals surface area contributed by atoms with Gasteiger partial charge in [-0.25, -0.2) is 0 Å². The van der Waals surface area contributed by atoms with Gasteiger partial charge in [-0.3, -0.25) is 4.68 Å². The summed E-state index contributed by atoms with van der Waals surface area (Å²) in [5, 5.41) is 4.58. The molecule has 1 rings (SSSR count). The molecule has 0 aromatic carbocycles. The summed E-state index contributed by atoms with van der Waals surface area (Å²) in [5.74, 6) is 0. The topological polar surface area (TPSA) is 17.8 Å². The standard InChI is InChI=1S/C12H20BrClN2/c1-8(2)16-11(10(13)7-15-16)12(4,5)6-9(3)14/h7-9H,6H2,1-5H3. The van der Waals surface area contributed by atoms with Crippen LogP contribution in [0.3, 0.4) is 0 Å². The van der Waals surface area contributed by atoms with Gasteiger partial charge in [0.15, 0.2) is 0 Å². The summed E-state index contributed by atoms with van der Waals surface area (Å²) in [6.07, 6.45) is 2.81. The number of alkyl halides is 1. The largest absolute Gasteiger partial charge is 0.265 e. The van der Waals surface area contributed by atoms with Crippen LogP contribution in [0.5, 0.6) is 0 Å². The fourth-order valence-corrected chi connectivity index (χ4v) is 3.36. The van der Waals surface area contributed by atoms with Crippen LogP contribution in [0.25, 0.3) is 0 Å². The first-order valence-electron chi connectivity index (χ1n) is 5.63. The predicted octanol–water partition coefficient (Wildman–Crippen LogP) is 4.52. The quantitative estimate of drug-likeness (QED) is 0.748. The van der Waals surface area contributed by atoms with Crippen molar-refractivity contribution in [3.05, 3.63) is 16.4 Å². The van der Waals surface area contributed by atoms with Crippen LogP contribution in [0.2, 0.25) is 0 Å². The number of halogens is 2. The Morgan fingerprint density at radius 3 is 2.44 bits per heavy atom.